The molecule has 1 aliphatic rings. The summed E-state index contributed by atoms with van der Waals surface area (Å²) in [4.78, 5) is 11.2. The van der Waals surface area contributed by atoms with E-state index in [0.717, 1.165) is 17.2 Å². The molecule has 6 nitrogen and oxygen atoms in total. The van der Waals surface area contributed by atoms with Crippen LogP contribution in [0.15, 0.2) is 110 Å². The number of fused-ring (bicyclic) bond motifs is 3. The van der Waals surface area contributed by atoms with Crippen LogP contribution >= 0.6 is 0 Å². The van der Waals surface area contributed by atoms with Gasteiger partial charge in [0.2, 0.25) is 0 Å². The fourth-order valence-electron chi connectivity index (χ4n) is 5.32. The van der Waals surface area contributed by atoms with Crippen LogP contribution in [-0.4, -0.2) is 48.2 Å². The Morgan fingerprint density at radius 1 is 0.750 bits per heavy atom. The summed E-state index contributed by atoms with van der Waals surface area (Å²) in [5.74, 6) is 0.697. The molecule has 2 unspecified atom stereocenters. The molecule has 4 aromatic rings. The third kappa shape index (κ3) is 5.24. The summed E-state index contributed by atoms with van der Waals surface area (Å²) in [5.41, 5.74) is 6.31. The van der Waals surface area contributed by atoms with Crippen LogP contribution in [0.25, 0.3) is 11.1 Å². The SMILES string of the molecule is C=CC(=O)OCC(O)COc1ccc(C2(c3ccc(OCC(C)O)cc3)c3ccccc3-c3ccccc32)cc1. The van der Waals surface area contributed by atoms with Crippen molar-refractivity contribution in [3.63, 3.8) is 0 Å². The fourth-order valence-corrected chi connectivity index (χ4v) is 5.32. The van der Waals surface area contributed by atoms with E-state index in [2.05, 4.69) is 79.4 Å². The maximum absolute atomic E-state index is 11.2. The van der Waals surface area contributed by atoms with Crippen molar-refractivity contribution in [2.45, 2.75) is 24.5 Å². The lowest BCUT2D eigenvalue weighted by Gasteiger charge is -2.34. The minimum Gasteiger partial charge on any atom is -0.491 e. The molecule has 5 rings (SSSR count). The molecule has 0 amide bonds. The van der Waals surface area contributed by atoms with Crippen molar-refractivity contribution in [3.05, 3.63) is 132 Å². The second kappa shape index (κ2) is 11.8. The zero-order valence-electron chi connectivity index (χ0n) is 22.3. The Hall–Kier alpha value is -4.39. The average Bonchev–Trinajstić information content (AvgIpc) is 3.29. The van der Waals surface area contributed by atoms with Crippen molar-refractivity contribution in [1.29, 1.82) is 0 Å². The molecule has 204 valence electrons. The summed E-state index contributed by atoms with van der Waals surface area (Å²) in [6, 6.07) is 32.9. The predicted molar refractivity (Wildman–Crippen MR) is 154 cm³/mol. The first-order chi connectivity index (χ1) is 19.4. The number of benzene rings is 4. The third-order valence-corrected chi connectivity index (χ3v) is 7.05. The number of aliphatic hydroxyl groups excluding tert-OH is 2. The van der Waals surface area contributed by atoms with Crippen molar-refractivity contribution in [2.75, 3.05) is 19.8 Å². The summed E-state index contributed by atoms with van der Waals surface area (Å²) < 4.78 is 16.4. The quantitative estimate of drug-likeness (QED) is 0.177. The van der Waals surface area contributed by atoms with Gasteiger partial charge in [0.15, 0.2) is 0 Å². The summed E-state index contributed by atoms with van der Waals surface area (Å²) >= 11 is 0. The monoisotopic (exact) mass is 536 g/mol. The van der Waals surface area contributed by atoms with E-state index in [4.69, 9.17) is 14.2 Å². The largest absolute Gasteiger partial charge is 0.491 e. The first-order valence-corrected chi connectivity index (χ1v) is 13.2. The van der Waals surface area contributed by atoms with Gasteiger partial charge in [-0.25, -0.2) is 4.79 Å². The highest BCUT2D eigenvalue weighted by molar-refractivity contribution is 5.86. The third-order valence-electron chi connectivity index (χ3n) is 7.05. The van der Waals surface area contributed by atoms with Gasteiger partial charge in [-0.2, -0.15) is 0 Å². The molecule has 0 radical (unpaired) electrons. The van der Waals surface area contributed by atoms with Gasteiger partial charge in [0.05, 0.1) is 11.5 Å². The van der Waals surface area contributed by atoms with Gasteiger partial charge < -0.3 is 24.4 Å². The lowest BCUT2D eigenvalue weighted by molar-refractivity contribution is -0.141. The normalized spacial score (nSPS) is 14.4. The lowest BCUT2D eigenvalue weighted by atomic mass is 9.68. The van der Waals surface area contributed by atoms with Crippen LogP contribution in [0, 0.1) is 0 Å². The van der Waals surface area contributed by atoms with E-state index in [9.17, 15) is 15.0 Å². The number of hydrogen-bond acceptors (Lipinski definition) is 6. The highest BCUT2D eigenvalue weighted by atomic mass is 16.5. The molecular formula is C34H32O6. The maximum atomic E-state index is 11.2. The van der Waals surface area contributed by atoms with Gasteiger partial charge in [0.1, 0.15) is 37.4 Å². The Morgan fingerprint density at radius 3 is 1.70 bits per heavy atom. The number of esters is 1. The average molecular weight is 537 g/mol. The fraction of sp³-hybridized carbons (Fsp3) is 0.206. The van der Waals surface area contributed by atoms with Crippen LogP contribution in [0.1, 0.15) is 29.2 Å². The smallest absolute Gasteiger partial charge is 0.330 e. The summed E-state index contributed by atoms with van der Waals surface area (Å²) in [7, 11) is 0. The second-order valence-electron chi connectivity index (χ2n) is 9.85. The molecule has 40 heavy (non-hydrogen) atoms. The molecule has 0 saturated carbocycles. The molecule has 2 atom stereocenters. The van der Waals surface area contributed by atoms with E-state index in [1.54, 1.807) is 6.92 Å². The highest BCUT2D eigenvalue weighted by Crippen LogP contribution is 2.56. The van der Waals surface area contributed by atoms with E-state index in [0.29, 0.717) is 11.5 Å². The standard InChI is InChI=1S/C34H32O6/c1-3-33(37)40-22-26(36)21-39-28-18-14-25(15-19-28)34(24-12-16-27(17-13-24)38-20-23(2)35)31-10-6-4-8-29(31)30-9-5-7-11-32(30)34/h3-19,23,26,35-36H,1,20-22H2,2H3. The molecular weight excluding hydrogens is 504 g/mol. The summed E-state index contributed by atoms with van der Waals surface area (Å²) in [6.07, 6.45) is -0.459. The molecule has 0 heterocycles. The maximum Gasteiger partial charge on any atom is 0.330 e. The van der Waals surface area contributed by atoms with Crippen molar-refractivity contribution < 1.29 is 29.2 Å². The number of aliphatic hydroxyl groups is 2. The molecule has 0 aromatic heterocycles. The van der Waals surface area contributed by atoms with Crippen LogP contribution in [0.5, 0.6) is 11.5 Å². The molecule has 4 aromatic carbocycles. The van der Waals surface area contributed by atoms with E-state index < -0.39 is 23.6 Å². The van der Waals surface area contributed by atoms with Gasteiger partial charge >= 0.3 is 5.97 Å². The summed E-state index contributed by atoms with van der Waals surface area (Å²) in [6.45, 7) is 5.08. The number of carbonyl (C=O) groups is 1. The minimum absolute atomic E-state index is 0.0193. The Balaban J connectivity index is 1.51. The first-order valence-electron chi connectivity index (χ1n) is 13.2. The van der Waals surface area contributed by atoms with Crippen LogP contribution in [0.4, 0.5) is 0 Å². The molecule has 0 fully saturated rings. The van der Waals surface area contributed by atoms with Gasteiger partial charge in [0.25, 0.3) is 0 Å². The number of rotatable bonds is 11. The van der Waals surface area contributed by atoms with Gasteiger partial charge in [-0.15, -0.1) is 0 Å². The molecule has 2 N–H and O–H groups in total. The van der Waals surface area contributed by atoms with Crippen LogP contribution < -0.4 is 9.47 Å². The second-order valence-corrected chi connectivity index (χ2v) is 9.85. The van der Waals surface area contributed by atoms with Gasteiger partial charge in [-0.1, -0.05) is 79.4 Å². The zero-order valence-corrected chi connectivity index (χ0v) is 22.3. The molecule has 6 heteroatoms. The Bertz CT molecular complexity index is 1430. The number of ether oxygens (including phenoxy) is 3. The molecule has 0 spiro atoms. The van der Waals surface area contributed by atoms with Crippen LogP contribution in [-0.2, 0) is 14.9 Å². The van der Waals surface area contributed by atoms with E-state index in [1.807, 2.05) is 24.3 Å². The molecule has 0 bridgehead atoms. The first kappa shape index (κ1) is 27.2. The van der Waals surface area contributed by atoms with Crippen molar-refractivity contribution in [3.8, 4) is 22.6 Å². The Labute approximate surface area is 234 Å². The van der Waals surface area contributed by atoms with Gasteiger partial charge in [-0.05, 0) is 64.6 Å². The molecule has 0 saturated heterocycles. The Kier molecular flexibility index (Phi) is 8.01. The van der Waals surface area contributed by atoms with Crippen LogP contribution in [0.2, 0.25) is 0 Å². The van der Waals surface area contributed by atoms with Crippen LogP contribution in [0.3, 0.4) is 0 Å². The number of hydrogen-bond donors (Lipinski definition) is 2. The minimum atomic E-state index is -0.960. The van der Waals surface area contributed by atoms with Crippen molar-refractivity contribution in [2.24, 2.45) is 0 Å². The highest BCUT2D eigenvalue weighted by Gasteiger charge is 2.45. The van der Waals surface area contributed by atoms with E-state index in [1.165, 1.54) is 22.3 Å². The van der Waals surface area contributed by atoms with Gasteiger partial charge in [-0.3, -0.25) is 0 Å². The zero-order chi connectivity index (χ0) is 28.1. The molecule has 1 aliphatic carbocycles. The van der Waals surface area contributed by atoms with E-state index in [-0.39, 0.29) is 19.8 Å². The predicted octanol–water partition coefficient (Wildman–Crippen LogP) is 5.28. The molecule has 0 aliphatic heterocycles. The van der Waals surface area contributed by atoms with Gasteiger partial charge in [0, 0.05) is 6.08 Å². The number of carbonyl (C=O) groups excluding carboxylic acids is 1. The van der Waals surface area contributed by atoms with E-state index >= 15 is 0 Å². The Morgan fingerprint density at radius 2 is 1.23 bits per heavy atom. The topological polar surface area (TPSA) is 85.2 Å². The van der Waals surface area contributed by atoms with Crippen molar-refractivity contribution >= 4 is 5.97 Å². The van der Waals surface area contributed by atoms with Crippen molar-refractivity contribution in [1.82, 2.24) is 0 Å². The lowest BCUT2D eigenvalue weighted by Crippen LogP contribution is -2.28. The summed E-state index contributed by atoms with van der Waals surface area (Å²) in [5, 5.41) is 19.7.